The van der Waals surface area contributed by atoms with Crippen molar-refractivity contribution in [3.05, 3.63) is 28.2 Å². The van der Waals surface area contributed by atoms with Gasteiger partial charge in [0.25, 0.3) is 0 Å². The zero-order valence-electron chi connectivity index (χ0n) is 9.42. The lowest BCUT2D eigenvalue weighted by Crippen LogP contribution is -2.06. The van der Waals surface area contributed by atoms with Gasteiger partial charge >= 0.3 is 0 Å². The zero-order valence-corrected chi connectivity index (χ0v) is 11.0. The molecule has 0 N–H and O–H groups in total. The van der Waals surface area contributed by atoms with Crippen molar-refractivity contribution in [1.82, 2.24) is 0 Å². The second-order valence-corrected chi connectivity index (χ2v) is 4.40. The highest BCUT2D eigenvalue weighted by atomic mass is 79.9. The zero-order chi connectivity index (χ0) is 11.3. The van der Waals surface area contributed by atoms with E-state index in [1.807, 2.05) is 18.2 Å². The molecule has 0 saturated heterocycles. The van der Waals surface area contributed by atoms with E-state index in [1.165, 1.54) is 0 Å². The van der Waals surface area contributed by atoms with Crippen LogP contribution in [-0.4, -0.2) is 13.2 Å². The van der Waals surface area contributed by atoms with E-state index in [0.717, 1.165) is 22.2 Å². The van der Waals surface area contributed by atoms with E-state index in [2.05, 4.69) is 29.8 Å². The van der Waals surface area contributed by atoms with E-state index in [-0.39, 0.29) is 0 Å². The first-order valence-corrected chi connectivity index (χ1v) is 5.90. The third-order valence-corrected chi connectivity index (χ3v) is 2.84. The summed E-state index contributed by atoms with van der Waals surface area (Å²) in [6, 6.07) is 5.97. The molecule has 0 heterocycles. The topological polar surface area (TPSA) is 18.5 Å². The van der Waals surface area contributed by atoms with Gasteiger partial charge in [0.2, 0.25) is 0 Å². The molecule has 1 aromatic rings. The second kappa shape index (κ2) is 6.13. The summed E-state index contributed by atoms with van der Waals surface area (Å²) in [7, 11) is 1.68. The molecule has 1 unspecified atom stereocenters. The Kier molecular flexibility index (Phi) is 5.12. The van der Waals surface area contributed by atoms with Crippen LogP contribution in [0.2, 0.25) is 0 Å². The number of halogens is 1. The molecular formula is C12H17BrO2. The van der Waals surface area contributed by atoms with Crippen molar-refractivity contribution >= 4 is 15.9 Å². The summed E-state index contributed by atoms with van der Waals surface area (Å²) in [4.78, 5) is 0. The van der Waals surface area contributed by atoms with Gasteiger partial charge in [-0.15, -0.1) is 0 Å². The molecule has 1 aromatic carbocycles. The minimum atomic E-state index is 0.290. The predicted molar refractivity (Wildman–Crippen MR) is 65.2 cm³/mol. The van der Waals surface area contributed by atoms with Crippen molar-refractivity contribution in [2.45, 2.75) is 33.0 Å². The second-order valence-electron chi connectivity index (χ2n) is 3.49. The Morgan fingerprint density at radius 2 is 2.13 bits per heavy atom. The van der Waals surface area contributed by atoms with E-state index in [4.69, 9.17) is 9.47 Å². The summed E-state index contributed by atoms with van der Waals surface area (Å²) in [5.74, 6) is 0.868. The molecule has 0 fully saturated rings. The molecule has 1 rings (SSSR count). The van der Waals surface area contributed by atoms with Gasteiger partial charge in [-0.2, -0.15) is 0 Å². The fourth-order valence-electron chi connectivity index (χ4n) is 1.19. The summed E-state index contributed by atoms with van der Waals surface area (Å²) < 4.78 is 12.0. The molecule has 0 bridgehead atoms. The van der Waals surface area contributed by atoms with Crippen molar-refractivity contribution < 1.29 is 9.47 Å². The molecule has 0 radical (unpaired) electrons. The standard InChI is InChI=1S/C12H17BrO2/c1-4-9(2)15-8-10-5-6-11(13)7-12(10)14-3/h5-7,9H,4,8H2,1-3H3. The fourth-order valence-corrected chi connectivity index (χ4v) is 1.53. The Balaban J connectivity index is 2.67. The molecule has 0 amide bonds. The van der Waals surface area contributed by atoms with E-state index in [1.54, 1.807) is 7.11 Å². The van der Waals surface area contributed by atoms with Crippen LogP contribution in [-0.2, 0) is 11.3 Å². The highest BCUT2D eigenvalue weighted by Gasteiger charge is 2.05. The molecule has 0 spiro atoms. The van der Waals surface area contributed by atoms with Gasteiger partial charge in [-0.1, -0.05) is 28.9 Å². The Morgan fingerprint density at radius 1 is 1.40 bits per heavy atom. The quantitative estimate of drug-likeness (QED) is 0.813. The molecule has 3 heteroatoms. The molecule has 0 aliphatic rings. The molecule has 0 saturated carbocycles. The number of hydrogen-bond donors (Lipinski definition) is 0. The van der Waals surface area contributed by atoms with E-state index < -0.39 is 0 Å². The van der Waals surface area contributed by atoms with Crippen LogP contribution in [0.15, 0.2) is 22.7 Å². The van der Waals surface area contributed by atoms with Crippen LogP contribution in [0.1, 0.15) is 25.8 Å². The van der Waals surface area contributed by atoms with Gasteiger partial charge in [-0.3, -0.25) is 0 Å². The maximum Gasteiger partial charge on any atom is 0.125 e. The lowest BCUT2D eigenvalue weighted by atomic mass is 10.2. The summed E-state index contributed by atoms with van der Waals surface area (Å²) in [5.41, 5.74) is 1.08. The van der Waals surface area contributed by atoms with Crippen LogP contribution in [0.5, 0.6) is 5.75 Å². The van der Waals surface area contributed by atoms with Gasteiger partial charge in [0.1, 0.15) is 5.75 Å². The summed E-state index contributed by atoms with van der Waals surface area (Å²) in [6.45, 7) is 4.79. The Labute approximate surface area is 99.7 Å². The van der Waals surface area contributed by atoms with Gasteiger partial charge < -0.3 is 9.47 Å². The first-order chi connectivity index (χ1) is 7.17. The average molecular weight is 273 g/mol. The monoisotopic (exact) mass is 272 g/mol. The molecule has 0 aliphatic heterocycles. The number of benzene rings is 1. The fraction of sp³-hybridized carbons (Fsp3) is 0.500. The van der Waals surface area contributed by atoms with Crippen molar-refractivity contribution in [1.29, 1.82) is 0 Å². The molecule has 1 atom stereocenters. The van der Waals surface area contributed by atoms with E-state index in [0.29, 0.717) is 12.7 Å². The maximum atomic E-state index is 5.66. The summed E-state index contributed by atoms with van der Waals surface area (Å²) in [5, 5.41) is 0. The normalized spacial score (nSPS) is 12.5. The van der Waals surface area contributed by atoms with Gasteiger partial charge in [-0.05, 0) is 25.5 Å². The summed E-state index contributed by atoms with van der Waals surface area (Å²) >= 11 is 3.41. The average Bonchev–Trinajstić information content (AvgIpc) is 2.26. The third kappa shape index (κ3) is 3.84. The minimum absolute atomic E-state index is 0.290. The number of methoxy groups -OCH3 is 1. The first-order valence-electron chi connectivity index (χ1n) is 5.11. The first kappa shape index (κ1) is 12.5. The minimum Gasteiger partial charge on any atom is -0.496 e. The lowest BCUT2D eigenvalue weighted by Gasteiger charge is -2.13. The van der Waals surface area contributed by atoms with Crippen LogP contribution in [0.25, 0.3) is 0 Å². The third-order valence-electron chi connectivity index (χ3n) is 2.35. The van der Waals surface area contributed by atoms with Crippen LogP contribution < -0.4 is 4.74 Å². The maximum absolute atomic E-state index is 5.66. The number of hydrogen-bond acceptors (Lipinski definition) is 2. The molecule has 2 nitrogen and oxygen atoms in total. The molecule has 0 aromatic heterocycles. The number of rotatable bonds is 5. The van der Waals surface area contributed by atoms with Crippen LogP contribution in [0.4, 0.5) is 0 Å². The van der Waals surface area contributed by atoms with Gasteiger partial charge in [0.05, 0.1) is 19.8 Å². The van der Waals surface area contributed by atoms with Crippen molar-refractivity contribution in [3.8, 4) is 5.75 Å². The molecule has 15 heavy (non-hydrogen) atoms. The molecule has 0 aliphatic carbocycles. The Hall–Kier alpha value is -0.540. The van der Waals surface area contributed by atoms with E-state index in [9.17, 15) is 0 Å². The summed E-state index contributed by atoms with van der Waals surface area (Å²) in [6.07, 6.45) is 1.32. The van der Waals surface area contributed by atoms with Gasteiger partial charge in [0, 0.05) is 10.0 Å². The molecule has 84 valence electrons. The smallest absolute Gasteiger partial charge is 0.125 e. The largest absolute Gasteiger partial charge is 0.496 e. The van der Waals surface area contributed by atoms with Crippen LogP contribution in [0, 0.1) is 0 Å². The number of ether oxygens (including phenoxy) is 2. The molecular weight excluding hydrogens is 256 g/mol. The Morgan fingerprint density at radius 3 is 2.73 bits per heavy atom. The predicted octanol–water partition coefficient (Wildman–Crippen LogP) is 3.77. The van der Waals surface area contributed by atoms with Crippen molar-refractivity contribution in [2.24, 2.45) is 0 Å². The van der Waals surface area contributed by atoms with Crippen molar-refractivity contribution in [3.63, 3.8) is 0 Å². The van der Waals surface area contributed by atoms with E-state index >= 15 is 0 Å². The van der Waals surface area contributed by atoms with Crippen molar-refractivity contribution in [2.75, 3.05) is 7.11 Å². The van der Waals surface area contributed by atoms with Gasteiger partial charge in [0.15, 0.2) is 0 Å². The van der Waals surface area contributed by atoms with Gasteiger partial charge in [-0.25, -0.2) is 0 Å². The highest BCUT2D eigenvalue weighted by molar-refractivity contribution is 9.10. The van der Waals surface area contributed by atoms with Crippen LogP contribution in [0.3, 0.4) is 0 Å². The SMILES string of the molecule is CCC(C)OCc1ccc(Br)cc1OC. The Bertz CT molecular complexity index is 312. The highest BCUT2D eigenvalue weighted by Crippen LogP contribution is 2.24. The lowest BCUT2D eigenvalue weighted by molar-refractivity contribution is 0.0497. The van der Waals surface area contributed by atoms with Crippen LogP contribution >= 0.6 is 15.9 Å².